The summed E-state index contributed by atoms with van der Waals surface area (Å²) in [5.41, 5.74) is 1.45. The SMILES string of the molecule is Cc1cc(F)cc(-c2cccc(CC3C(NSC4CC4)C(F)(F)CN3C=O)c2F)c1. The number of carbonyl (C=O) groups is 1. The molecule has 1 aliphatic heterocycles. The first kappa shape index (κ1) is 21.2. The zero-order valence-corrected chi connectivity index (χ0v) is 17.2. The number of carbonyl (C=O) groups excluding carboxylic acids is 1. The van der Waals surface area contributed by atoms with Crippen LogP contribution in [0.1, 0.15) is 24.0 Å². The topological polar surface area (TPSA) is 32.3 Å². The number of aryl methyl sites for hydroxylation is 1. The zero-order chi connectivity index (χ0) is 21.5. The summed E-state index contributed by atoms with van der Waals surface area (Å²) in [6, 6.07) is 6.78. The van der Waals surface area contributed by atoms with Gasteiger partial charge in [-0.3, -0.25) is 9.52 Å². The van der Waals surface area contributed by atoms with Crippen LogP contribution in [0.2, 0.25) is 0 Å². The van der Waals surface area contributed by atoms with Gasteiger partial charge in [-0.1, -0.05) is 36.2 Å². The lowest BCUT2D eigenvalue weighted by Gasteiger charge is -2.26. The predicted octanol–water partition coefficient (Wildman–Crippen LogP) is 4.73. The number of amides is 1. The highest BCUT2D eigenvalue weighted by molar-refractivity contribution is 7.98. The van der Waals surface area contributed by atoms with Crippen LogP contribution in [0.3, 0.4) is 0 Å². The molecule has 3 nitrogen and oxygen atoms in total. The number of halogens is 4. The van der Waals surface area contributed by atoms with Crippen molar-refractivity contribution in [1.82, 2.24) is 9.62 Å². The van der Waals surface area contributed by atoms with E-state index in [9.17, 15) is 18.0 Å². The fourth-order valence-corrected chi connectivity index (χ4v) is 4.92. The Hall–Kier alpha value is -2.06. The van der Waals surface area contributed by atoms with Crippen molar-refractivity contribution >= 4 is 18.4 Å². The average Bonchev–Trinajstić information content (AvgIpc) is 3.46. The highest BCUT2D eigenvalue weighted by atomic mass is 32.2. The quantitative estimate of drug-likeness (QED) is 0.386. The van der Waals surface area contributed by atoms with Crippen LogP contribution in [0.25, 0.3) is 11.1 Å². The minimum Gasteiger partial charge on any atom is -0.334 e. The van der Waals surface area contributed by atoms with Crippen LogP contribution in [-0.2, 0) is 11.2 Å². The number of hydrogen-bond donors (Lipinski definition) is 1. The molecule has 1 heterocycles. The van der Waals surface area contributed by atoms with Gasteiger partial charge in [0.1, 0.15) is 17.7 Å². The number of rotatable bonds is 7. The molecule has 2 unspecified atom stereocenters. The molecule has 0 spiro atoms. The van der Waals surface area contributed by atoms with Crippen molar-refractivity contribution in [3.63, 3.8) is 0 Å². The third kappa shape index (κ3) is 4.34. The molecule has 1 aliphatic carbocycles. The van der Waals surface area contributed by atoms with Gasteiger partial charge in [0, 0.05) is 10.8 Å². The van der Waals surface area contributed by atoms with Gasteiger partial charge < -0.3 is 4.90 Å². The lowest BCUT2D eigenvalue weighted by Crippen LogP contribution is -2.47. The monoisotopic (exact) mass is 438 g/mol. The standard InChI is InChI=1S/C22H22F4N2OS/c1-13-7-15(9-16(23)8-13)18-4-2-3-14(20(18)24)10-19-21(27-30-17-5-6-17)22(25,26)11-28(19)12-29/h2-4,7-9,12,17,19,21,27H,5-6,10-11H2,1H3. The molecular formula is C22H22F4N2OS. The van der Waals surface area contributed by atoms with E-state index in [0.717, 1.165) is 17.7 Å². The highest BCUT2D eigenvalue weighted by Gasteiger charge is 2.54. The van der Waals surface area contributed by atoms with E-state index in [1.807, 2.05) is 0 Å². The second-order valence-corrected chi connectivity index (χ2v) is 9.16. The first-order valence-corrected chi connectivity index (χ1v) is 10.7. The maximum atomic E-state index is 15.3. The van der Waals surface area contributed by atoms with Crippen LogP contribution in [-0.4, -0.2) is 41.1 Å². The van der Waals surface area contributed by atoms with E-state index in [0.29, 0.717) is 22.8 Å². The number of nitrogens with zero attached hydrogens (tertiary/aromatic N) is 1. The van der Waals surface area contributed by atoms with Crippen LogP contribution in [0.5, 0.6) is 0 Å². The number of hydrogen-bond acceptors (Lipinski definition) is 3. The summed E-state index contributed by atoms with van der Waals surface area (Å²) >= 11 is 1.27. The minimum absolute atomic E-state index is 0.0643. The number of nitrogens with one attached hydrogen (secondary N) is 1. The average molecular weight is 438 g/mol. The Bertz CT molecular complexity index is 930. The Morgan fingerprint density at radius 3 is 2.67 bits per heavy atom. The molecule has 1 amide bonds. The van der Waals surface area contributed by atoms with Gasteiger partial charge in [0.2, 0.25) is 6.41 Å². The molecule has 8 heteroatoms. The third-order valence-electron chi connectivity index (χ3n) is 5.54. The first-order valence-electron chi connectivity index (χ1n) is 9.83. The second-order valence-electron chi connectivity index (χ2n) is 8.02. The summed E-state index contributed by atoms with van der Waals surface area (Å²) in [6.07, 6.45) is 2.29. The molecule has 160 valence electrons. The molecule has 0 radical (unpaired) electrons. The van der Waals surface area contributed by atoms with Gasteiger partial charge in [0.25, 0.3) is 5.92 Å². The highest BCUT2D eigenvalue weighted by Crippen LogP contribution is 2.39. The fourth-order valence-electron chi connectivity index (χ4n) is 3.88. The van der Waals surface area contributed by atoms with Crippen molar-refractivity contribution in [2.24, 2.45) is 0 Å². The summed E-state index contributed by atoms with van der Waals surface area (Å²) in [5, 5.41) is 0.308. The second kappa shape index (κ2) is 8.23. The Balaban J connectivity index is 1.63. The maximum Gasteiger partial charge on any atom is 0.283 e. The molecule has 1 saturated carbocycles. The van der Waals surface area contributed by atoms with Gasteiger partial charge in [-0.25, -0.2) is 17.6 Å². The molecule has 2 aromatic rings. The van der Waals surface area contributed by atoms with Gasteiger partial charge >= 0.3 is 0 Å². The molecule has 2 aliphatic rings. The molecule has 0 bridgehead atoms. The van der Waals surface area contributed by atoms with Crippen molar-refractivity contribution in [2.45, 2.75) is 49.4 Å². The largest absolute Gasteiger partial charge is 0.334 e. The molecule has 4 rings (SSSR count). The van der Waals surface area contributed by atoms with Crippen molar-refractivity contribution < 1.29 is 22.4 Å². The van der Waals surface area contributed by atoms with Crippen LogP contribution in [0.4, 0.5) is 17.6 Å². The summed E-state index contributed by atoms with van der Waals surface area (Å²) in [6.45, 7) is 1.01. The van der Waals surface area contributed by atoms with Gasteiger partial charge in [-0.05, 0) is 55.0 Å². The molecule has 2 atom stereocenters. The van der Waals surface area contributed by atoms with E-state index in [1.165, 1.54) is 36.2 Å². The molecule has 0 aromatic heterocycles. The lowest BCUT2D eigenvalue weighted by molar-refractivity contribution is -0.120. The van der Waals surface area contributed by atoms with E-state index in [-0.39, 0.29) is 17.5 Å². The van der Waals surface area contributed by atoms with E-state index in [1.54, 1.807) is 19.1 Å². The summed E-state index contributed by atoms with van der Waals surface area (Å²) < 4.78 is 61.1. The maximum absolute atomic E-state index is 15.3. The fraction of sp³-hybridized carbons (Fsp3) is 0.409. The Morgan fingerprint density at radius 1 is 1.23 bits per heavy atom. The molecule has 1 saturated heterocycles. The third-order valence-corrected chi connectivity index (χ3v) is 6.74. The van der Waals surface area contributed by atoms with Gasteiger partial charge in [-0.2, -0.15) is 0 Å². The summed E-state index contributed by atoms with van der Waals surface area (Å²) in [4.78, 5) is 12.5. The molecule has 2 fully saturated rings. The summed E-state index contributed by atoms with van der Waals surface area (Å²) in [5.74, 6) is -4.17. The smallest absolute Gasteiger partial charge is 0.283 e. The molecular weight excluding hydrogens is 416 g/mol. The molecule has 30 heavy (non-hydrogen) atoms. The first-order chi connectivity index (χ1) is 14.3. The van der Waals surface area contributed by atoms with Gasteiger partial charge in [0.05, 0.1) is 12.6 Å². The van der Waals surface area contributed by atoms with E-state index in [2.05, 4.69) is 4.72 Å². The van der Waals surface area contributed by atoms with Crippen LogP contribution in [0, 0.1) is 18.6 Å². The van der Waals surface area contributed by atoms with Crippen molar-refractivity contribution in [1.29, 1.82) is 0 Å². The molecule has 1 N–H and O–H groups in total. The Labute approximate surface area is 177 Å². The van der Waals surface area contributed by atoms with Gasteiger partial charge in [0.15, 0.2) is 0 Å². The van der Waals surface area contributed by atoms with E-state index >= 15 is 4.39 Å². The Morgan fingerprint density at radius 2 is 2.00 bits per heavy atom. The normalized spacial score (nSPS) is 23.0. The number of alkyl halides is 2. The van der Waals surface area contributed by atoms with Crippen LogP contribution >= 0.6 is 11.9 Å². The predicted molar refractivity (Wildman–Crippen MR) is 109 cm³/mol. The zero-order valence-electron chi connectivity index (χ0n) is 16.4. The van der Waals surface area contributed by atoms with E-state index < -0.39 is 36.2 Å². The van der Waals surface area contributed by atoms with Crippen molar-refractivity contribution in [2.75, 3.05) is 6.54 Å². The Kier molecular flexibility index (Phi) is 5.81. The van der Waals surface area contributed by atoms with Crippen molar-refractivity contribution in [3.8, 4) is 11.1 Å². The van der Waals surface area contributed by atoms with Gasteiger partial charge in [-0.15, -0.1) is 0 Å². The van der Waals surface area contributed by atoms with Crippen LogP contribution < -0.4 is 4.72 Å². The summed E-state index contributed by atoms with van der Waals surface area (Å²) in [7, 11) is 0. The van der Waals surface area contributed by atoms with E-state index in [4.69, 9.17) is 0 Å². The number of likely N-dealkylation sites (tertiary alicyclic amines) is 1. The van der Waals surface area contributed by atoms with Crippen molar-refractivity contribution in [3.05, 3.63) is 59.2 Å². The lowest BCUT2D eigenvalue weighted by atomic mass is 9.95. The minimum atomic E-state index is -3.11. The number of benzene rings is 2. The molecule has 2 aromatic carbocycles. The van der Waals surface area contributed by atoms with Crippen LogP contribution in [0.15, 0.2) is 36.4 Å².